The highest BCUT2D eigenvalue weighted by atomic mass is 35.5. The third-order valence-corrected chi connectivity index (χ3v) is 3.78. The van der Waals surface area contributed by atoms with Gasteiger partial charge >= 0.3 is 5.97 Å². The summed E-state index contributed by atoms with van der Waals surface area (Å²) >= 11 is 6.09. The summed E-state index contributed by atoms with van der Waals surface area (Å²) in [7, 11) is 0. The quantitative estimate of drug-likeness (QED) is 0.876. The van der Waals surface area contributed by atoms with E-state index in [0.717, 1.165) is 29.5 Å². The van der Waals surface area contributed by atoms with Crippen LogP contribution in [0.25, 0.3) is 0 Å². The number of nitrogens with zero attached hydrogens (tertiary/aromatic N) is 2. The highest BCUT2D eigenvalue weighted by Gasteiger charge is 2.26. The fourth-order valence-corrected chi connectivity index (χ4v) is 2.45. The van der Waals surface area contributed by atoms with Gasteiger partial charge in [0.05, 0.1) is 0 Å². The van der Waals surface area contributed by atoms with Gasteiger partial charge in [-0.3, -0.25) is 4.79 Å². The van der Waals surface area contributed by atoms with E-state index < -0.39 is 17.6 Å². The van der Waals surface area contributed by atoms with Gasteiger partial charge in [-0.15, -0.1) is 0 Å². The molecule has 1 aromatic heterocycles. The zero-order chi connectivity index (χ0) is 14.9. The number of halogens is 1. The van der Waals surface area contributed by atoms with Gasteiger partial charge in [0, 0.05) is 6.07 Å². The first-order valence-electron chi connectivity index (χ1n) is 6.89. The second kappa shape index (κ2) is 5.95. The molecule has 0 aliphatic heterocycles. The first kappa shape index (κ1) is 15.0. The minimum Gasteiger partial charge on any atom is -0.480 e. The van der Waals surface area contributed by atoms with Crippen molar-refractivity contribution in [2.75, 3.05) is 0 Å². The molecule has 0 amide bonds. The van der Waals surface area contributed by atoms with Gasteiger partial charge in [0.15, 0.2) is 11.2 Å². The van der Waals surface area contributed by atoms with Crippen LogP contribution in [0.5, 0.6) is 0 Å². The van der Waals surface area contributed by atoms with E-state index in [2.05, 4.69) is 5.10 Å². The van der Waals surface area contributed by atoms with Crippen molar-refractivity contribution in [3.05, 3.63) is 27.1 Å². The van der Waals surface area contributed by atoms with Crippen LogP contribution >= 0.6 is 11.6 Å². The van der Waals surface area contributed by atoms with Crippen molar-refractivity contribution in [1.29, 1.82) is 0 Å². The summed E-state index contributed by atoms with van der Waals surface area (Å²) in [6.07, 6.45) is 3.42. The predicted octanol–water partition coefficient (Wildman–Crippen LogP) is 2.52. The number of hydrogen-bond acceptors (Lipinski definition) is 3. The Morgan fingerprint density at radius 3 is 2.70 bits per heavy atom. The van der Waals surface area contributed by atoms with Gasteiger partial charge in [-0.1, -0.05) is 25.4 Å². The molecule has 0 spiro atoms. The molecule has 1 saturated carbocycles. The van der Waals surface area contributed by atoms with E-state index in [1.54, 1.807) is 0 Å². The summed E-state index contributed by atoms with van der Waals surface area (Å²) in [5.74, 6) is -0.315. The van der Waals surface area contributed by atoms with Crippen molar-refractivity contribution < 1.29 is 9.90 Å². The summed E-state index contributed by atoms with van der Waals surface area (Å²) in [5.41, 5.74) is 0.335. The highest BCUT2D eigenvalue weighted by molar-refractivity contribution is 6.30. The molecule has 2 rings (SSSR count). The Morgan fingerprint density at radius 1 is 1.55 bits per heavy atom. The minimum absolute atomic E-state index is 0.148. The van der Waals surface area contributed by atoms with Crippen LogP contribution in [0.3, 0.4) is 0 Å². The molecule has 1 N–H and O–H groups in total. The van der Waals surface area contributed by atoms with Crippen molar-refractivity contribution in [1.82, 2.24) is 9.78 Å². The third kappa shape index (κ3) is 3.60. The van der Waals surface area contributed by atoms with Gasteiger partial charge in [0.2, 0.25) is 0 Å². The van der Waals surface area contributed by atoms with E-state index in [-0.39, 0.29) is 11.1 Å². The van der Waals surface area contributed by atoms with Crippen LogP contribution in [0.1, 0.15) is 44.7 Å². The maximum atomic E-state index is 12.1. The summed E-state index contributed by atoms with van der Waals surface area (Å²) in [6.45, 7) is 3.81. The molecule has 1 fully saturated rings. The van der Waals surface area contributed by atoms with E-state index in [9.17, 15) is 14.7 Å². The van der Waals surface area contributed by atoms with Crippen LogP contribution in [-0.4, -0.2) is 20.9 Å². The summed E-state index contributed by atoms with van der Waals surface area (Å²) in [5, 5.41) is 13.5. The molecule has 5 nitrogen and oxygen atoms in total. The maximum Gasteiger partial charge on any atom is 0.328 e. The van der Waals surface area contributed by atoms with E-state index >= 15 is 0 Å². The van der Waals surface area contributed by atoms with Crippen molar-refractivity contribution in [2.45, 2.75) is 45.6 Å². The number of carboxylic acid groups (broad SMARTS) is 1. The van der Waals surface area contributed by atoms with Crippen molar-refractivity contribution >= 4 is 17.6 Å². The lowest BCUT2D eigenvalue weighted by Gasteiger charge is -2.17. The lowest BCUT2D eigenvalue weighted by Crippen LogP contribution is -2.33. The van der Waals surface area contributed by atoms with Crippen LogP contribution in [-0.2, 0) is 11.2 Å². The van der Waals surface area contributed by atoms with E-state index in [0.29, 0.717) is 12.3 Å². The second-order valence-corrected chi connectivity index (χ2v) is 6.23. The van der Waals surface area contributed by atoms with Crippen molar-refractivity contribution in [2.24, 2.45) is 11.8 Å². The largest absolute Gasteiger partial charge is 0.480 e. The number of aromatic nitrogens is 2. The molecular formula is C14H19ClN2O3. The predicted molar refractivity (Wildman–Crippen MR) is 76.1 cm³/mol. The van der Waals surface area contributed by atoms with E-state index in [4.69, 9.17) is 11.6 Å². The van der Waals surface area contributed by atoms with E-state index in [1.807, 2.05) is 13.8 Å². The molecule has 1 aromatic rings. The van der Waals surface area contributed by atoms with Gasteiger partial charge in [-0.2, -0.15) is 5.10 Å². The number of hydrogen-bond donors (Lipinski definition) is 1. The maximum absolute atomic E-state index is 12.1. The Hall–Kier alpha value is -1.36. The molecule has 0 aromatic carbocycles. The first-order chi connectivity index (χ1) is 9.38. The molecule has 0 bridgehead atoms. The van der Waals surface area contributed by atoms with Crippen molar-refractivity contribution in [3.8, 4) is 0 Å². The fraction of sp³-hybridized carbons (Fsp3) is 0.643. The number of rotatable bonds is 6. The molecule has 0 unspecified atom stereocenters. The van der Waals surface area contributed by atoms with Gasteiger partial charge in [0.1, 0.15) is 0 Å². The lowest BCUT2D eigenvalue weighted by atomic mass is 10.0. The van der Waals surface area contributed by atoms with Gasteiger partial charge in [0.25, 0.3) is 5.56 Å². The molecular weight excluding hydrogens is 280 g/mol. The zero-order valence-electron chi connectivity index (χ0n) is 11.7. The Balaban J connectivity index is 2.32. The van der Waals surface area contributed by atoms with Gasteiger partial charge < -0.3 is 5.11 Å². The molecule has 1 heterocycles. The Kier molecular flexibility index (Phi) is 4.48. The Labute approximate surface area is 122 Å². The smallest absolute Gasteiger partial charge is 0.328 e. The molecule has 1 aliphatic carbocycles. The minimum atomic E-state index is -1.06. The lowest BCUT2D eigenvalue weighted by molar-refractivity contribution is -0.141. The molecule has 1 aliphatic rings. The van der Waals surface area contributed by atoms with Crippen LogP contribution < -0.4 is 5.56 Å². The van der Waals surface area contributed by atoms with Crippen LogP contribution in [0.2, 0.25) is 5.15 Å². The summed E-state index contributed by atoms with van der Waals surface area (Å²) in [6, 6.07) is 0.471. The second-order valence-electron chi connectivity index (χ2n) is 5.87. The average molecular weight is 299 g/mol. The van der Waals surface area contributed by atoms with Gasteiger partial charge in [-0.25, -0.2) is 9.48 Å². The number of aliphatic carboxylic acids is 1. The molecule has 0 radical (unpaired) electrons. The molecule has 20 heavy (non-hydrogen) atoms. The SMILES string of the molecule is CC(C)C[C@@H](C(=O)O)n1nc(Cl)c(CC2CC2)cc1=O. The third-order valence-electron chi connectivity index (χ3n) is 3.46. The molecule has 110 valence electrons. The van der Waals surface area contributed by atoms with E-state index in [1.165, 1.54) is 6.07 Å². The van der Waals surface area contributed by atoms with Crippen LogP contribution in [0.15, 0.2) is 10.9 Å². The topological polar surface area (TPSA) is 72.2 Å². The standard InChI is InChI=1S/C14H19ClN2O3/c1-8(2)5-11(14(19)20)17-12(18)7-10(13(15)16-17)6-9-3-4-9/h7-9,11H,3-6H2,1-2H3,(H,19,20)/t11-/m0/s1. The summed E-state index contributed by atoms with van der Waals surface area (Å²) in [4.78, 5) is 23.4. The first-order valence-corrected chi connectivity index (χ1v) is 7.27. The fourth-order valence-electron chi connectivity index (χ4n) is 2.23. The van der Waals surface area contributed by atoms with Crippen LogP contribution in [0.4, 0.5) is 0 Å². The average Bonchev–Trinajstić information content (AvgIpc) is 3.14. The van der Waals surface area contributed by atoms with Gasteiger partial charge in [-0.05, 0) is 43.1 Å². The molecule has 1 atom stereocenters. The Bertz CT molecular complexity index is 564. The van der Waals surface area contributed by atoms with Crippen molar-refractivity contribution in [3.63, 3.8) is 0 Å². The molecule has 0 saturated heterocycles. The van der Waals surface area contributed by atoms with Crippen LogP contribution in [0, 0.1) is 11.8 Å². The zero-order valence-corrected chi connectivity index (χ0v) is 12.4. The summed E-state index contributed by atoms with van der Waals surface area (Å²) < 4.78 is 1.00. The molecule has 6 heteroatoms. The number of carboxylic acids is 1. The normalized spacial score (nSPS) is 16.4. The Morgan fingerprint density at radius 2 is 2.20 bits per heavy atom. The monoisotopic (exact) mass is 298 g/mol. The highest BCUT2D eigenvalue weighted by Crippen LogP contribution is 2.33. The number of carbonyl (C=O) groups is 1.